The lowest BCUT2D eigenvalue weighted by molar-refractivity contribution is -0.154. The van der Waals surface area contributed by atoms with Crippen LogP contribution in [0.4, 0.5) is 5.69 Å². The van der Waals surface area contributed by atoms with Crippen molar-refractivity contribution in [3.05, 3.63) is 66.8 Å². The van der Waals surface area contributed by atoms with E-state index in [1.807, 2.05) is 73.7 Å². The molecule has 1 spiro atoms. The molecule has 0 saturated carbocycles. The second-order valence-electron chi connectivity index (χ2n) is 9.99. The van der Waals surface area contributed by atoms with Gasteiger partial charge in [0.25, 0.3) is 5.91 Å². The minimum absolute atomic E-state index is 0.0295. The fraction of sp³-hybridized carbons (Fsp3) is 0.393. The van der Waals surface area contributed by atoms with Gasteiger partial charge in [0.1, 0.15) is 6.04 Å². The number of nitrogens with zero attached hydrogens (tertiary/aromatic N) is 2. The third-order valence-electron chi connectivity index (χ3n) is 7.91. The van der Waals surface area contributed by atoms with Gasteiger partial charge in [-0.05, 0) is 36.2 Å². The first-order chi connectivity index (χ1) is 17.4. The Morgan fingerprint density at radius 2 is 1.83 bits per heavy atom. The van der Waals surface area contributed by atoms with E-state index in [2.05, 4.69) is 0 Å². The second kappa shape index (κ2) is 8.49. The van der Waals surface area contributed by atoms with Crippen molar-refractivity contribution in [3.8, 4) is 0 Å². The summed E-state index contributed by atoms with van der Waals surface area (Å²) in [5, 5.41) is 11.9. The molecule has 2 amide bonds. The first-order valence-corrected chi connectivity index (χ1v) is 13.1. The molecule has 8 heteroatoms. The van der Waals surface area contributed by atoms with Crippen LogP contribution in [0.1, 0.15) is 13.3 Å². The van der Waals surface area contributed by atoms with Gasteiger partial charge < -0.3 is 19.6 Å². The quantitative estimate of drug-likeness (QED) is 0.511. The standard InChI is InChI=1S/C28H28N2O5S/c1-27-11-4-5-16-35-26(34)22(27)21-24(32)30(14-15-31)23-25(33)29(13-6-12-28(21,23)36-27)20-10-9-18-7-2-3-8-19(18)17-20/h2-4,6-12,17,21-23,31H,5,13-16H2,1H3/t21-,22-,23?,27+,28-/m0/s1. The molecule has 4 heterocycles. The van der Waals surface area contributed by atoms with Crippen molar-refractivity contribution < 1.29 is 24.2 Å². The van der Waals surface area contributed by atoms with Gasteiger partial charge in [0.15, 0.2) is 0 Å². The number of amides is 2. The first-order valence-electron chi connectivity index (χ1n) is 12.3. The molecule has 2 saturated heterocycles. The molecular weight excluding hydrogens is 476 g/mol. The van der Waals surface area contributed by atoms with Gasteiger partial charge in [-0.2, -0.15) is 0 Å². The third-order valence-corrected chi connectivity index (χ3v) is 9.70. The number of ether oxygens (including phenoxy) is 1. The van der Waals surface area contributed by atoms with E-state index in [9.17, 15) is 19.5 Å². The number of benzene rings is 2. The lowest BCUT2D eigenvalue weighted by Gasteiger charge is -2.36. The number of carbonyl (C=O) groups is 3. The molecule has 5 atom stereocenters. The Kier molecular flexibility index (Phi) is 5.50. The fourth-order valence-electron chi connectivity index (χ4n) is 6.41. The molecule has 6 rings (SSSR count). The van der Waals surface area contributed by atoms with E-state index in [-0.39, 0.29) is 31.6 Å². The van der Waals surface area contributed by atoms with Crippen molar-refractivity contribution in [2.75, 3.05) is 31.2 Å². The van der Waals surface area contributed by atoms with E-state index in [1.54, 1.807) is 4.90 Å². The number of hydrogen-bond acceptors (Lipinski definition) is 6. The number of thioether (sulfide) groups is 1. The zero-order chi connectivity index (χ0) is 25.1. The van der Waals surface area contributed by atoms with Crippen LogP contribution < -0.4 is 4.90 Å². The van der Waals surface area contributed by atoms with Crippen molar-refractivity contribution in [1.82, 2.24) is 4.90 Å². The van der Waals surface area contributed by atoms with E-state index in [0.29, 0.717) is 13.0 Å². The second-order valence-corrected chi connectivity index (χ2v) is 11.8. The molecule has 36 heavy (non-hydrogen) atoms. The molecule has 1 unspecified atom stereocenters. The van der Waals surface area contributed by atoms with Gasteiger partial charge in [-0.25, -0.2) is 0 Å². The lowest BCUT2D eigenvalue weighted by atomic mass is 9.74. The van der Waals surface area contributed by atoms with E-state index in [1.165, 1.54) is 16.7 Å². The Morgan fingerprint density at radius 1 is 1.03 bits per heavy atom. The average molecular weight is 505 g/mol. The number of esters is 1. The molecule has 0 bridgehead atoms. The molecule has 0 radical (unpaired) electrons. The van der Waals surface area contributed by atoms with Gasteiger partial charge in [-0.1, -0.05) is 54.6 Å². The van der Waals surface area contributed by atoms with E-state index in [0.717, 1.165) is 16.5 Å². The van der Waals surface area contributed by atoms with Gasteiger partial charge in [-0.15, -0.1) is 11.8 Å². The van der Waals surface area contributed by atoms with E-state index in [4.69, 9.17) is 4.74 Å². The normalized spacial score (nSPS) is 33.6. The number of carbonyl (C=O) groups excluding carboxylic acids is 3. The number of likely N-dealkylation sites (tertiary alicyclic amines) is 1. The van der Waals surface area contributed by atoms with Crippen molar-refractivity contribution in [3.63, 3.8) is 0 Å². The molecule has 2 aromatic rings. The summed E-state index contributed by atoms with van der Waals surface area (Å²) >= 11 is 1.51. The molecule has 0 aromatic heterocycles. The summed E-state index contributed by atoms with van der Waals surface area (Å²) in [5.41, 5.74) is 0.750. The summed E-state index contributed by atoms with van der Waals surface area (Å²) < 4.78 is 3.90. The van der Waals surface area contributed by atoms with Crippen LogP contribution >= 0.6 is 11.8 Å². The largest absolute Gasteiger partial charge is 0.465 e. The van der Waals surface area contributed by atoms with Crippen molar-refractivity contribution in [1.29, 1.82) is 0 Å². The lowest BCUT2D eigenvalue weighted by Crippen LogP contribution is -2.54. The molecule has 1 N–H and O–H groups in total. The topological polar surface area (TPSA) is 87.1 Å². The predicted octanol–water partition coefficient (Wildman–Crippen LogP) is 2.93. The fourth-order valence-corrected chi connectivity index (χ4v) is 8.57. The maximum absolute atomic E-state index is 14.3. The number of rotatable bonds is 3. The van der Waals surface area contributed by atoms with Crippen LogP contribution in [0.25, 0.3) is 10.8 Å². The molecule has 2 fully saturated rings. The highest BCUT2D eigenvalue weighted by molar-refractivity contribution is 8.02. The number of aliphatic hydroxyl groups excluding tert-OH is 1. The number of aliphatic hydroxyl groups is 1. The highest BCUT2D eigenvalue weighted by Crippen LogP contribution is 2.65. The summed E-state index contributed by atoms with van der Waals surface area (Å²) in [6.07, 6.45) is 8.54. The molecule has 2 aromatic carbocycles. The van der Waals surface area contributed by atoms with Crippen LogP contribution in [-0.2, 0) is 19.1 Å². The monoisotopic (exact) mass is 504 g/mol. The van der Waals surface area contributed by atoms with Gasteiger partial charge in [-0.3, -0.25) is 14.4 Å². The van der Waals surface area contributed by atoms with Crippen LogP contribution in [0.5, 0.6) is 0 Å². The van der Waals surface area contributed by atoms with E-state index >= 15 is 0 Å². The summed E-state index contributed by atoms with van der Waals surface area (Å²) in [5.74, 6) is -2.36. The van der Waals surface area contributed by atoms with Crippen LogP contribution in [-0.4, -0.2) is 69.6 Å². The smallest absolute Gasteiger partial charge is 0.311 e. The third kappa shape index (κ3) is 3.27. The molecule has 4 aliphatic heterocycles. The molecular formula is C28H28N2O5S. The number of hydrogen-bond donors (Lipinski definition) is 1. The highest BCUT2D eigenvalue weighted by Gasteiger charge is 2.73. The van der Waals surface area contributed by atoms with Crippen LogP contribution in [0, 0.1) is 11.8 Å². The highest BCUT2D eigenvalue weighted by atomic mass is 32.2. The summed E-state index contributed by atoms with van der Waals surface area (Å²) in [7, 11) is 0. The van der Waals surface area contributed by atoms with Crippen molar-refractivity contribution in [2.24, 2.45) is 11.8 Å². The number of fused-ring (bicyclic) bond motifs is 3. The Bertz CT molecular complexity index is 1320. The van der Waals surface area contributed by atoms with Crippen LogP contribution in [0.15, 0.2) is 66.8 Å². The maximum Gasteiger partial charge on any atom is 0.311 e. The van der Waals surface area contributed by atoms with Gasteiger partial charge >= 0.3 is 5.97 Å². The Hall–Kier alpha value is -3.10. The Balaban J connectivity index is 1.48. The van der Waals surface area contributed by atoms with Gasteiger partial charge in [0.05, 0.1) is 29.8 Å². The average Bonchev–Trinajstić information content (AvgIpc) is 3.17. The van der Waals surface area contributed by atoms with Crippen LogP contribution in [0.2, 0.25) is 0 Å². The number of β-amino-alcohol motifs (C(OH)–C–C–N with tert-alkyl or cyclic N) is 1. The maximum atomic E-state index is 14.3. The zero-order valence-corrected chi connectivity index (χ0v) is 20.8. The van der Waals surface area contributed by atoms with Crippen molar-refractivity contribution >= 4 is 46.0 Å². The summed E-state index contributed by atoms with van der Waals surface area (Å²) in [6.45, 7) is 2.35. The minimum Gasteiger partial charge on any atom is -0.465 e. The molecule has 0 aliphatic carbocycles. The number of anilines is 1. The first kappa shape index (κ1) is 23.3. The van der Waals surface area contributed by atoms with E-state index < -0.39 is 33.3 Å². The van der Waals surface area contributed by atoms with Gasteiger partial charge in [0.2, 0.25) is 5.91 Å². The summed E-state index contributed by atoms with van der Waals surface area (Å²) in [6, 6.07) is 13.0. The Labute approximate surface area is 213 Å². The summed E-state index contributed by atoms with van der Waals surface area (Å²) in [4.78, 5) is 44.7. The number of cyclic esters (lactones) is 1. The molecule has 4 aliphatic rings. The Morgan fingerprint density at radius 3 is 2.64 bits per heavy atom. The van der Waals surface area contributed by atoms with Crippen molar-refractivity contribution in [2.45, 2.75) is 28.9 Å². The minimum atomic E-state index is -0.942. The molecule has 186 valence electrons. The van der Waals surface area contributed by atoms with Gasteiger partial charge in [0, 0.05) is 23.5 Å². The predicted molar refractivity (Wildman–Crippen MR) is 138 cm³/mol. The zero-order valence-electron chi connectivity index (χ0n) is 20.0. The SMILES string of the molecule is C[C@@]12C=CCCOC(=O)[C@@H]1[C@H]1C(=O)N(CCO)C3C(=O)N(c4ccc5ccccc5c4)CC=C[C@@]31S2. The molecule has 7 nitrogen and oxygen atoms in total. The van der Waals surface area contributed by atoms with Crippen LogP contribution in [0.3, 0.4) is 0 Å².